The van der Waals surface area contributed by atoms with Crippen molar-refractivity contribution in [3.63, 3.8) is 0 Å². The molecule has 4 rings (SSSR count). The maximum atomic E-state index is 13.1. The largest absolute Gasteiger partial charge is 0.497 e. The second-order valence-electron chi connectivity index (χ2n) is 6.95. The molecule has 0 bridgehead atoms. The fourth-order valence-electron chi connectivity index (χ4n) is 3.61. The number of methoxy groups -OCH3 is 1. The Morgan fingerprint density at radius 1 is 1.12 bits per heavy atom. The molecule has 1 aliphatic carbocycles. The average molecular weight is 359 g/mol. The summed E-state index contributed by atoms with van der Waals surface area (Å²) < 4.78 is 29.2. The Morgan fingerprint density at radius 2 is 1.88 bits per heavy atom. The predicted octanol–water partition coefficient (Wildman–Crippen LogP) is 2.50. The third-order valence-electron chi connectivity index (χ3n) is 5.19. The van der Waals surface area contributed by atoms with Crippen LogP contribution >= 0.6 is 0 Å². The number of carbonyl (C=O) groups is 1. The van der Waals surface area contributed by atoms with E-state index in [-0.39, 0.29) is 23.5 Å². The first kappa shape index (κ1) is 16.4. The van der Waals surface area contributed by atoms with Gasteiger partial charge in [0.15, 0.2) is 9.84 Å². The minimum atomic E-state index is -3.04. The highest BCUT2D eigenvalue weighted by Crippen LogP contribution is 2.38. The van der Waals surface area contributed by atoms with E-state index in [9.17, 15) is 13.2 Å². The van der Waals surface area contributed by atoms with Crippen molar-refractivity contribution in [1.29, 1.82) is 0 Å². The van der Waals surface area contributed by atoms with Gasteiger partial charge in [-0.05, 0) is 53.8 Å². The van der Waals surface area contributed by atoms with E-state index in [1.807, 2.05) is 36.4 Å². The van der Waals surface area contributed by atoms with Crippen molar-refractivity contribution < 1.29 is 17.9 Å². The third-order valence-corrected chi connectivity index (χ3v) is 6.84. The average Bonchev–Trinajstić information content (AvgIpc) is 3.44. The molecule has 2 aromatic rings. The zero-order chi connectivity index (χ0) is 17.6. The van der Waals surface area contributed by atoms with E-state index < -0.39 is 9.84 Å². The molecule has 2 fully saturated rings. The van der Waals surface area contributed by atoms with Crippen molar-refractivity contribution in [2.24, 2.45) is 5.92 Å². The highest BCUT2D eigenvalue weighted by atomic mass is 32.2. The van der Waals surface area contributed by atoms with Crippen LogP contribution in [0.1, 0.15) is 23.2 Å². The minimum Gasteiger partial charge on any atom is -0.497 e. The molecule has 5 nitrogen and oxygen atoms in total. The number of benzene rings is 2. The third kappa shape index (κ3) is 3.23. The standard InChI is InChI=1S/C19H21NO4S/c1-24-17-7-6-13-2-5-15(10-16(13)11-17)19(21)20-8-9-25(22,23)12-18(20)14-3-4-14/h2,5-7,10-11,14,18H,3-4,8-9,12H2,1H3. The second-order valence-corrected chi connectivity index (χ2v) is 9.17. The molecule has 6 heteroatoms. The SMILES string of the molecule is COc1ccc2ccc(C(=O)N3CCS(=O)(=O)CC3C3CC3)cc2c1. The minimum absolute atomic E-state index is 0.0589. The van der Waals surface area contributed by atoms with Crippen LogP contribution in [0.4, 0.5) is 0 Å². The molecule has 0 aromatic heterocycles. The van der Waals surface area contributed by atoms with E-state index in [0.29, 0.717) is 18.0 Å². The number of rotatable bonds is 3. The van der Waals surface area contributed by atoms with Gasteiger partial charge in [-0.2, -0.15) is 0 Å². The van der Waals surface area contributed by atoms with Gasteiger partial charge in [0.1, 0.15) is 5.75 Å². The smallest absolute Gasteiger partial charge is 0.254 e. The molecule has 1 saturated carbocycles. The summed E-state index contributed by atoms with van der Waals surface area (Å²) in [7, 11) is -1.42. The van der Waals surface area contributed by atoms with Crippen molar-refractivity contribution in [1.82, 2.24) is 4.90 Å². The van der Waals surface area contributed by atoms with Gasteiger partial charge in [-0.3, -0.25) is 4.79 Å². The monoisotopic (exact) mass is 359 g/mol. The number of nitrogens with zero attached hydrogens (tertiary/aromatic N) is 1. The molecule has 1 amide bonds. The zero-order valence-electron chi connectivity index (χ0n) is 14.1. The van der Waals surface area contributed by atoms with Crippen molar-refractivity contribution in [2.45, 2.75) is 18.9 Å². The number of amides is 1. The van der Waals surface area contributed by atoms with Crippen LogP contribution in [-0.2, 0) is 9.84 Å². The van der Waals surface area contributed by atoms with Gasteiger partial charge >= 0.3 is 0 Å². The Labute approximate surface area is 147 Å². The van der Waals surface area contributed by atoms with Crippen molar-refractivity contribution in [2.75, 3.05) is 25.2 Å². The van der Waals surface area contributed by atoms with E-state index in [4.69, 9.17) is 4.74 Å². The first-order chi connectivity index (χ1) is 12.0. The van der Waals surface area contributed by atoms with Gasteiger partial charge in [0.25, 0.3) is 5.91 Å². The summed E-state index contributed by atoms with van der Waals surface area (Å²) in [4.78, 5) is 14.8. The van der Waals surface area contributed by atoms with Gasteiger partial charge in [0, 0.05) is 18.2 Å². The second kappa shape index (κ2) is 6.02. The lowest BCUT2D eigenvalue weighted by molar-refractivity contribution is 0.0679. The Hall–Kier alpha value is -2.08. The number of hydrogen-bond donors (Lipinski definition) is 0. The summed E-state index contributed by atoms with van der Waals surface area (Å²) in [5, 5.41) is 1.98. The molecule has 2 aliphatic rings. The normalized spacial score (nSPS) is 22.8. The van der Waals surface area contributed by atoms with Gasteiger partial charge < -0.3 is 9.64 Å². The molecule has 0 N–H and O–H groups in total. The fraction of sp³-hybridized carbons (Fsp3) is 0.421. The van der Waals surface area contributed by atoms with Gasteiger partial charge in [0.05, 0.1) is 18.6 Å². The van der Waals surface area contributed by atoms with E-state index in [0.717, 1.165) is 29.4 Å². The summed E-state index contributed by atoms with van der Waals surface area (Å²) in [6.45, 7) is 0.290. The van der Waals surface area contributed by atoms with Gasteiger partial charge in [-0.25, -0.2) is 8.42 Å². The lowest BCUT2D eigenvalue weighted by atomic mass is 10.0. The van der Waals surface area contributed by atoms with Crippen molar-refractivity contribution in [3.05, 3.63) is 42.0 Å². The molecule has 1 unspecified atom stereocenters. The molecule has 1 atom stereocenters. The molecule has 0 radical (unpaired) electrons. The molecule has 25 heavy (non-hydrogen) atoms. The molecule has 0 spiro atoms. The molecule has 132 valence electrons. The van der Waals surface area contributed by atoms with Crippen LogP contribution in [0, 0.1) is 5.92 Å². The lowest BCUT2D eigenvalue weighted by Crippen LogP contribution is -2.52. The maximum absolute atomic E-state index is 13.1. The molecule has 1 saturated heterocycles. The van der Waals surface area contributed by atoms with Gasteiger partial charge in [-0.15, -0.1) is 0 Å². The number of sulfone groups is 1. The zero-order valence-corrected chi connectivity index (χ0v) is 15.0. The summed E-state index contributed by atoms with van der Waals surface area (Å²) in [5.74, 6) is 1.17. The maximum Gasteiger partial charge on any atom is 0.254 e. The molecule has 1 aliphatic heterocycles. The predicted molar refractivity (Wildman–Crippen MR) is 96.7 cm³/mol. The van der Waals surface area contributed by atoms with Crippen LogP contribution in [0.15, 0.2) is 36.4 Å². The van der Waals surface area contributed by atoms with Crippen LogP contribution in [-0.4, -0.2) is 50.4 Å². The van der Waals surface area contributed by atoms with Gasteiger partial charge in [0.2, 0.25) is 0 Å². The van der Waals surface area contributed by atoms with E-state index in [1.54, 1.807) is 12.0 Å². The highest BCUT2D eigenvalue weighted by Gasteiger charge is 2.43. The van der Waals surface area contributed by atoms with E-state index in [2.05, 4.69) is 0 Å². The van der Waals surface area contributed by atoms with Crippen LogP contribution in [0.5, 0.6) is 5.75 Å². The van der Waals surface area contributed by atoms with Crippen molar-refractivity contribution in [3.8, 4) is 5.75 Å². The molecule has 1 heterocycles. The highest BCUT2D eigenvalue weighted by molar-refractivity contribution is 7.91. The van der Waals surface area contributed by atoms with E-state index in [1.165, 1.54) is 0 Å². The lowest BCUT2D eigenvalue weighted by Gasteiger charge is -2.35. The Morgan fingerprint density at radius 3 is 2.60 bits per heavy atom. The molecular formula is C19H21NO4S. The first-order valence-corrected chi connectivity index (χ1v) is 10.4. The molecule has 2 aromatic carbocycles. The topological polar surface area (TPSA) is 63.7 Å². The van der Waals surface area contributed by atoms with Crippen LogP contribution in [0.3, 0.4) is 0 Å². The number of hydrogen-bond acceptors (Lipinski definition) is 4. The number of fused-ring (bicyclic) bond motifs is 1. The van der Waals surface area contributed by atoms with Crippen molar-refractivity contribution >= 4 is 26.5 Å². The fourth-order valence-corrected chi connectivity index (χ4v) is 5.23. The number of ether oxygens (including phenoxy) is 1. The van der Waals surface area contributed by atoms with E-state index >= 15 is 0 Å². The Kier molecular flexibility index (Phi) is 3.95. The summed E-state index contributed by atoms with van der Waals surface area (Å²) in [6, 6.07) is 11.2. The number of carbonyl (C=O) groups excluding carboxylic acids is 1. The Bertz CT molecular complexity index is 934. The molecular weight excluding hydrogens is 338 g/mol. The first-order valence-electron chi connectivity index (χ1n) is 8.56. The summed E-state index contributed by atoms with van der Waals surface area (Å²) in [6.07, 6.45) is 2.03. The van der Waals surface area contributed by atoms with Gasteiger partial charge in [-0.1, -0.05) is 12.1 Å². The Balaban J connectivity index is 1.66. The summed E-state index contributed by atoms with van der Waals surface area (Å²) >= 11 is 0. The summed E-state index contributed by atoms with van der Waals surface area (Å²) in [5.41, 5.74) is 0.603. The quantitative estimate of drug-likeness (QED) is 0.845. The van der Waals surface area contributed by atoms with Crippen LogP contribution in [0.25, 0.3) is 10.8 Å². The van der Waals surface area contributed by atoms with Crippen LogP contribution in [0.2, 0.25) is 0 Å². The van der Waals surface area contributed by atoms with Crippen LogP contribution < -0.4 is 4.74 Å².